The molecule has 112 valence electrons. The molecule has 0 saturated carbocycles. The molecule has 0 aromatic carbocycles. The summed E-state index contributed by atoms with van der Waals surface area (Å²) in [5, 5.41) is 19.5. The van der Waals surface area contributed by atoms with Crippen molar-refractivity contribution >= 4 is 0 Å². The number of nitrogens with one attached hydrogen (secondary N) is 2. The molecule has 4 heterocycles. The molecule has 0 fully saturated rings. The molecule has 9 nitrogen and oxygen atoms in total. The van der Waals surface area contributed by atoms with Gasteiger partial charge in [-0.05, 0) is 23.4 Å². The molecule has 0 unspecified atom stereocenters. The number of aromatic nitrogens is 9. The molecule has 0 aliphatic rings. The van der Waals surface area contributed by atoms with Crippen LogP contribution in [0.25, 0.3) is 0 Å². The van der Waals surface area contributed by atoms with E-state index in [-0.39, 0.29) is 0 Å². The van der Waals surface area contributed by atoms with Crippen molar-refractivity contribution in [1.29, 1.82) is 0 Å². The van der Waals surface area contributed by atoms with Crippen molar-refractivity contribution in [3.05, 3.63) is 80.2 Å². The number of imidazole rings is 1. The number of nitrogens with zero attached hydrogens (tertiary/aromatic N) is 7. The molecule has 2 N–H and O–H groups in total. The van der Waals surface area contributed by atoms with E-state index in [0.717, 1.165) is 0 Å². The highest BCUT2D eigenvalue weighted by Gasteiger charge is 1.60. The van der Waals surface area contributed by atoms with Gasteiger partial charge >= 0.3 is 0 Å². The van der Waals surface area contributed by atoms with E-state index in [0.29, 0.717) is 0 Å². The molecular formula is C13H15N9. The van der Waals surface area contributed by atoms with Gasteiger partial charge in [0.2, 0.25) is 0 Å². The molecule has 0 aliphatic heterocycles. The summed E-state index contributed by atoms with van der Waals surface area (Å²) in [5.41, 5.74) is 0. The first kappa shape index (κ1) is 16.6. The van der Waals surface area contributed by atoms with Gasteiger partial charge in [0.05, 0.1) is 31.1 Å². The summed E-state index contributed by atoms with van der Waals surface area (Å²) in [4.78, 5) is 10.2. The monoisotopic (exact) mass is 297 g/mol. The lowest BCUT2D eigenvalue weighted by atomic mass is 10.5. The van der Waals surface area contributed by atoms with Crippen LogP contribution in [0.4, 0.5) is 0 Å². The minimum absolute atomic E-state index is 1.58. The van der Waals surface area contributed by atoms with E-state index >= 15 is 0 Å². The zero-order valence-corrected chi connectivity index (χ0v) is 11.6. The van der Waals surface area contributed by atoms with Gasteiger partial charge in [-0.15, -0.1) is 10.2 Å². The van der Waals surface area contributed by atoms with Gasteiger partial charge in [-0.25, -0.2) is 4.98 Å². The Hall–Kier alpha value is -3.49. The van der Waals surface area contributed by atoms with E-state index in [2.05, 4.69) is 45.8 Å². The van der Waals surface area contributed by atoms with E-state index in [9.17, 15) is 0 Å². The van der Waals surface area contributed by atoms with E-state index in [1.807, 2.05) is 18.2 Å². The molecule has 0 amide bonds. The fourth-order valence-corrected chi connectivity index (χ4v) is 0.899. The highest BCUT2D eigenvalue weighted by atomic mass is 15.3. The molecule has 0 atom stereocenters. The second kappa shape index (κ2) is 13.9. The average Bonchev–Trinajstić information content (AvgIpc) is 3.37. The zero-order chi connectivity index (χ0) is 15.6. The van der Waals surface area contributed by atoms with Crippen LogP contribution < -0.4 is 0 Å². The Labute approximate surface area is 126 Å². The molecule has 22 heavy (non-hydrogen) atoms. The summed E-state index contributed by atoms with van der Waals surface area (Å²) in [6.07, 6.45) is 14.9. The van der Waals surface area contributed by atoms with Gasteiger partial charge in [-0.3, -0.25) is 4.98 Å². The molecule has 4 aromatic heterocycles. The number of H-pyrrole nitrogens is 2. The second-order valence-corrected chi connectivity index (χ2v) is 3.25. The summed E-state index contributed by atoms with van der Waals surface area (Å²) in [6.45, 7) is 0. The topological polar surface area (TPSA) is 122 Å². The van der Waals surface area contributed by atoms with Crippen molar-refractivity contribution in [3.63, 3.8) is 0 Å². The van der Waals surface area contributed by atoms with Crippen LogP contribution in [0.1, 0.15) is 0 Å². The van der Waals surface area contributed by atoms with Gasteiger partial charge in [0.15, 0.2) is 0 Å². The van der Waals surface area contributed by atoms with Gasteiger partial charge < -0.3 is 4.98 Å². The minimum atomic E-state index is 1.58. The summed E-state index contributed by atoms with van der Waals surface area (Å²) in [5.74, 6) is 0. The van der Waals surface area contributed by atoms with Crippen LogP contribution >= 0.6 is 0 Å². The normalized spacial score (nSPS) is 8.00. The minimum Gasteiger partial charge on any atom is -0.351 e. The van der Waals surface area contributed by atoms with Crippen molar-refractivity contribution in [2.75, 3.05) is 0 Å². The predicted octanol–water partition coefficient (Wildman–Crippen LogP) is 1.17. The number of hydrogen-bond donors (Lipinski definition) is 2. The first-order chi connectivity index (χ1) is 11.0. The average molecular weight is 297 g/mol. The van der Waals surface area contributed by atoms with Crippen molar-refractivity contribution in [3.8, 4) is 0 Å². The zero-order valence-electron chi connectivity index (χ0n) is 11.6. The lowest BCUT2D eigenvalue weighted by Gasteiger charge is -1.70. The van der Waals surface area contributed by atoms with Crippen molar-refractivity contribution < 1.29 is 0 Å². The molecular weight excluding hydrogens is 282 g/mol. The van der Waals surface area contributed by atoms with Gasteiger partial charge in [0.1, 0.15) is 0 Å². The fourth-order valence-electron chi connectivity index (χ4n) is 0.899. The predicted molar refractivity (Wildman–Crippen MR) is 79.0 cm³/mol. The van der Waals surface area contributed by atoms with Gasteiger partial charge in [-0.2, -0.15) is 15.4 Å². The van der Waals surface area contributed by atoms with Crippen LogP contribution in [-0.2, 0) is 0 Å². The Balaban J connectivity index is 0.000000147. The van der Waals surface area contributed by atoms with E-state index in [4.69, 9.17) is 0 Å². The highest BCUT2D eigenvalue weighted by molar-refractivity contribution is 4.88. The maximum Gasteiger partial charge on any atom is 0.0919 e. The molecule has 9 heteroatoms. The number of pyridine rings is 1. The molecule has 0 spiro atoms. The summed E-state index contributed by atoms with van der Waals surface area (Å²) < 4.78 is 0. The van der Waals surface area contributed by atoms with Crippen LogP contribution in [0.15, 0.2) is 80.2 Å². The SMILES string of the molecule is c1c[nH]cn1.c1ccncc1.c1cn[nH]n1.c1cnnnc1. The Morgan fingerprint density at radius 2 is 1.32 bits per heavy atom. The van der Waals surface area contributed by atoms with E-state index < -0.39 is 0 Å². The fraction of sp³-hybridized carbons (Fsp3) is 0. The van der Waals surface area contributed by atoms with Gasteiger partial charge in [0.25, 0.3) is 0 Å². The first-order valence-electron chi connectivity index (χ1n) is 6.16. The van der Waals surface area contributed by atoms with Crippen LogP contribution in [0.2, 0.25) is 0 Å². The van der Waals surface area contributed by atoms with E-state index in [1.165, 1.54) is 0 Å². The Kier molecular flexibility index (Phi) is 10.5. The standard InChI is InChI=1S/C5H5N.C3H3N3.C3H4N2.C2H3N3/c2*1-2-4-6-5-3-1;1-2-5-3-4-1;1-2-4-5-3-1/h1-5H;1-3H;1-3H,(H,4,5);1-2H,(H,3,4,5). The summed E-state index contributed by atoms with van der Waals surface area (Å²) in [7, 11) is 0. The van der Waals surface area contributed by atoms with Crippen LogP contribution in [0, 0.1) is 0 Å². The summed E-state index contributed by atoms with van der Waals surface area (Å²) in [6, 6.07) is 7.43. The number of rotatable bonds is 0. The molecule has 0 saturated heterocycles. The lowest BCUT2D eigenvalue weighted by Crippen LogP contribution is -1.78. The largest absolute Gasteiger partial charge is 0.351 e. The third-order valence-electron chi connectivity index (χ3n) is 1.71. The number of aromatic amines is 2. The third kappa shape index (κ3) is 11.6. The Bertz CT molecular complexity index is 451. The molecule has 4 aromatic rings. The second-order valence-electron chi connectivity index (χ2n) is 3.25. The van der Waals surface area contributed by atoms with Crippen molar-refractivity contribution in [2.45, 2.75) is 0 Å². The molecule has 4 rings (SSSR count). The lowest BCUT2D eigenvalue weighted by molar-refractivity contribution is 0.865. The van der Waals surface area contributed by atoms with Crippen molar-refractivity contribution in [1.82, 2.24) is 45.8 Å². The van der Waals surface area contributed by atoms with Gasteiger partial charge in [0, 0.05) is 24.8 Å². The Morgan fingerprint density at radius 1 is 0.591 bits per heavy atom. The summed E-state index contributed by atoms with van der Waals surface area (Å²) >= 11 is 0. The molecule has 0 aliphatic carbocycles. The molecule has 0 radical (unpaired) electrons. The van der Waals surface area contributed by atoms with E-state index in [1.54, 1.807) is 62.0 Å². The first-order valence-corrected chi connectivity index (χ1v) is 6.16. The van der Waals surface area contributed by atoms with Crippen LogP contribution in [0.3, 0.4) is 0 Å². The maximum absolute atomic E-state index is 3.78. The quantitative estimate of drug-likeness (QED) is 0.499. The van der Waals surface area contributed by atoms with Crippen molar-refractivity contribution in [2.24, 2.45) is 0 Å². The van der Waals surface area contributed by atoms with Crippen LogP contribution in [-0.4, -0.2) is 45.8 Å². The van der Waals surface area contributed by atoms with Gasteiger partial charge in [-0.1, -0.05) is 6.07 Å². The third-order valence-corrected chi connectivity index (χ3v) is 1.71. The smallest absolute Gasteiger partial charge is 0.0919 e. The number of hydrogen-bond acceptors (Lipinski definition) is 7. The maximum atomic E-state index is 3.78. The Morgan fingerprint density at radius 3 is 1.50 bits per heavy atom. The van der Waals surface area contributed by atoms with Crippen LogP contribution in [0.5, 0.6) is 0 Å². The molecule has 0 bridgehead atoms. The highest BCUT2D eigenvalue weighted by Crippen LogP contribution is 1.73.